The molecule has 4 nitrogen and oxygen atoms in total. The van der Waals surface area contributed by atoms with Crippen molar-refractivity contribution in [3.05, 3.63) is 90.9 Å². The Morgan fingerprint density at radius 1 is 0.800 bits per heavy atom. The molecule has 0 saturated heterocycles. The van der Waals surface area contributed by atoms with Gasteiger partial charge in [0.2, 0.25) is 0 Å². The summed E-state index contributed by atoms with van der Waals surface area (Å²) in [5.41, 5.74) is 5.77. The normalized spacial score (nSPS) is 13.1. The molecule has 1 aliphatic rings. The Morgan fingerprint density at radius 3 is 2.54 bits per heavy atom. The fourth-order valence-electron chi connectivity index (χ4n) is 4.95. The zero-order valence-corrected chi connectivity index (χ0v) is 22.9. The van der Waals surface area contributed by atoms with E-state index in [9.17, 15) is 0 Å². The van der Waals surface area contributed by atoms with E-state index in [1.165, 1.54) is 39.2 Å². The molecule has 0 bridgehead atoms. The molecular weight excluding hydrogens is 627 g/mol. The van der Waals surface area contributed by atoms with E-state index in [4.69, 9.17) is 14.7 Å². The molecule has 0 radical (unpaired) electrons. The van der Waals surface area contributed by atoms with Gasteiger partial charge in [0.15, 0.2) is 0 Å². The molecule has 0 N–H and O–H groups in total. The van der Waals surface area contributed by atoms with Crippen LogP contribution in [0.3, 0.4) is 0 Å². The van der Waals surface area contributed by atoms with E-state index in [2.05, 4.69) is 98.1 Å². The first-order valence-electron chi connectivity index (χ1n) is 11.8. The van der Waals surface area contributed by atoms with Crippen molar-refractivity contribution in [1.82, 2.24) is 14.4 Å². The zero-order chi connectivity index (χ0) is 23.7. The third-order valence-corrected chi connectivity index (χ3v) is 11.5. The summed E-state index contributed by atoms with van der Waals surface area (Å²) in [6, 6.07) is 23.7. The molecule has 0 aliphatic carbocycles. The van der Waals surface area contributed by atoms with Crippen molar-refractivity contribution >= 4 is 57.3 Å². The summed E-state index contributed by atoms with van der Waals surface area (Å²) in [6.07, 6.45) is 5.90. The van der Waals surface area contributed by atoms with Gasteiger partial charge in [0.25, 0.3) is 0 Å². The van der Waals surface area contributed by atoms with E-state index >= 15 is 0 Å². The molecule has 0 amide bonds. The van der Waals surface area contributed by atoms with E-state index in [0.29, 0.717) is 0 Å². The number of rotatable bonds is 1. The number of imidazole rings is 1. The monoisotopic (exact) mass is 650 g/mol. The van der Waals surface area contributed by atoms with Gasteiger partial charge in [-0.1, -0.05) is 0 Å². The molecule has 3 aromatic carbocycles. The third kappa shape index (κ3) is 3.22. The number of para-hydroxylation sites is 1. The number of nitrogens with zero attached hydrogens (tertiary/aromatic N) is 3. The number of hydrogen-bond donors (Lipinski definition) is 0. The number of benzene rings is 3. The van der Waals surface area contributed by atoms with Gasteiger partial charge < -0.3 is 0 Å². The number of hydrogen-bond acceptors (Lipinski definition) is 3. The Kier molecular flexibility index (Phi) is 4.57. The minimum absolute atomic E-state index is 0.0683. The van der Waals surface area contributed by atoms with Gasteiger partial charge in [0.05, 0.1) is 0 Å². The van der Waals surface area contributed by atoms with Crippen LogP contribution in [0, 0.1) is 0 Å². The molecular formula is C30H23N3OPo. The van der Waals surface area contributed by atoms with Gasteiger partial charge in [-0.15, -0.1) is 0 Å². The second kappa shape index (κ2) is 7.61. The average Bonchev–Trinajstić information content (AvgIpc) is 3.37. The van der Waals surface area contributed by atoms with Gasteiger partial charge in [0.1, 0.15) is 0 Å². The van der Waals surface area contributed by atoms with Crippen molar-refractivity contribution in [1.29, 1.82) is 0 Å². The molecule has 0 fully saturated rings. The SMILES string of the molecule is CC(C)(C)c1ccnc(-c2cccc3[c]2[Po][c]2c(ccc4c5ccccc5n5ccnc5c24)O3)c1. The van der Waals surface area contributed by atoms with Crippen molar-refractivity contribution in [2.24, 2.45) is 0 Å². The molecule has 4 heterocycles. The maximum absolute atomic E-state index is 6.56. The van der Waals surface area contributed by atoms with Crippen LogP contribution in [0.2, 0.25) is 0 Å². The number of pyridine rings is 2. The summed E-state index contributed by atoms with van der Waals surface area (Å²) in [5.74, 6) is 1.95. The van der Waals surface area contributed by atoms with E-state index in [-0.39, 0.29) is 5.41 Å². The van der Waals surface area contributed by atoms with Crippen molar-refractivity contribution < 1.29 is 4.74 Å². The number of aromatic nitrogens is 3. The second-order valence-corrected chi connectivity index (χ2v) is 13.9. The summed E-state index contributed by atoms with van der Waals surface area (Å²) in [5, 5.41) is 3.72. The average molecular weight is 651 g/mol. The van der Waals surface area contributed by atoms with E-state index in [1.54, 1.807) is 0 Å². The van der Waals surface area contributed by atoms with Crippen molar-refractivity contribution in [3.63, 3.8) is 0 Å². The summed E-state index contributed by atoms with van der Waals surface area (Å²) in [4.78, 5) is 9.59. The van der Waals surface area contributed by atoms with E-state index in [1.807, 2.05) is 12.4 Å². The molecule has 5 heteroatoms. The van der Waals surface area contributed by atoms with Gasteiger partial charge in [0, 0.05) is 0 Å². The quantitative estimate of drug-likeness (QED) is 0.212. The predicted molar refractivity (Wildman–Crippen MR) is 144 cm³/mol. The van der Waals surface area contributed by atoms with Crippen LogP contribution in [0.5, 0.6) is 11.5 Å². The van der Waals surface area contributed by atoms with Crippen LogP contribution in [0.15, 0.2) is 85.3 Å². The molecule has 7 rings (SSSR count). The molecule has 1 aliphatic heterocycles. The van der Waals surface area contributed by atoms with Gasteiger partial charge in [-0.2, -0.15) is 0 Å². The van der Waals surface area contributed by atoms with Gasteiger partial charge >= 0.3 is 216 Å². The zero-order valence-electron chi connectivity index (χ0n) is 19.7. The third-order valence-electron chi connectivity index (χ3n) is 6.74. The van der Waals surface area contributed by atoms with Crippen molar-refractivity contribution in [2.45, 2.75) is 26.2 Å². The second-order valence-electron chi connectivity index (χ2n) is 9.97. The minimum atomic E-state index is -1.22. The van der Waals surface area contributed by atoms with Crippen LogP contribution in [0.25, 0.3) is 38.6 Å². The Hall–Kier alpha value is -3.28. The molecule has 0 atom stereocenters. The van der Waals surface area contributed by atoms with Crippen LogP contribution in [-0.2, 0) is 5.41 Å². The summed E-state index contributed by atoms with van der Waals surface area (Å²) in [7, 11) is 0. The van der Waals surface area contributed by atoms with Crippen LogP contribution >= 0.6 is 0 Å². The van der Waals surface area contributed by atoms with Crippen molar-refractivity contribution in [3.8, 4) is 22.8 Å². The number of ether oxygens (including phenoxy) is 1. The first kappa shape index (κ1) is 21.0. The molecule has 0 spiro atoms. The topological polar surface area (TPSA) is 39.4 Å². The Morgan fingerprint density at radius 2 is 1.66 bits per heavy atom. The summed E-state index contributed by atoms with van der Waals surface area (Å²) < 4.78 is 11.5. The molecule has 6 aromatic rings. The molecule has 0 saturated carbocycles. The fourth-order valence-corrected chi connectivity index (χ4v) is 9.66. The van der Waals surface area contributed by atoms with Gasteiger partial charge in [-0.3, -0.25) is 0 Å². The molecule has 170 valence electrons. The van der Waals surface area contributed by atoms with Crippen LogP contribution in [-0.4, -0.2) is 37.9 Å². The van der Waals surface area contributed by atoms with Crippen LogP contribution in [0.4, 0.5) is 0 Å². The summed E-state index contributed by atoms with van der Waals surface area (Å²) >= 11 is -1.22. The standard InChI is InChI=1S/C30H23N3O.Po/c1-30(2,3)21-13-14-31-27(18-21)20-7-6-8-22(17-20)34-23-11-12-24-25-9-4-5-10-28(25)33-16-15-32-29(33)26(24)19-23;/h4-16,18H,1-3H3;. The molecule has 0 unspecified atom stereocenters. The number of fused-ring (bicyclic) bond motifs is 9. The Balaban J connectivity index is 1.48. The first-order valence-corrected chi connectivity index (χ1v) is 14.9. The molecule has 3 aromatic heterocycles. The summed E-state index contributed by atoms with van der Waals surface area (Å²) in [6.45, 7) is 6.73. The Bertz CT molecular complexity index is 1800. The molecule has 35 heavy (non-hydrogen) atoms. The van der Waals surface area contributed by atoms with Gasteiger partial charge in [-0.25, -0.2) is 0 Å². The fraction of sp³-hybridized carbons (Fsp3) is 0.133. The van der Waals surface area contributed by atoms with Crippen molar-refractivity contribution in [2.75, 3.05) is 0 Å². The maximum atomic E-state index is 6.56. The van der Waals surface area contributed by atoms with Gasteiger partial charge in [-0.05, 0) is 0 Å². The van der Waals surface area contributed by atoms with Crippen LogP contribution < -0.4 is 11.2 Å². The predicted octanol–water partition coefficient (Wildman–Crippen LogP) is 5.76. The van der Waals surface area contributed by atoms with E-state index < -0.39 is 23.6 Å². The first-order chi connectivity index (χ1) is 17.0. The Labute approximate surface area is 215 Å². The van der Waals surface area contributed by atoms with E-state index in [0.717, 1.165) is 22.8 Å². The van der Waals surface area contributed by atoms with Crippen LogP contribution in [0.1, 0.15) is 26.3 Å².